The zero-order valence-corrected chi connectivity index (χ0v) is 7.35. The van der Waals surface area contributed by atoms with Crippen molar-refractivity contribution >= 4 is 12.6 Å². The summed E-state index contributed by atoms with van der Waals surface area (Å²) in [6.45, 7) is 6.61. The maximum atomic E-state index is 5.37. The van der Waals surface area contributed by atoms with Crippen LogP contribution >= 0.6 is 12.6 Å². The van der Waals surface area contributed by atoms with Gasteiger partial charge in [0.05, 0.1) is 0 Å². The lowest BCUT2D eigenvalue weighted by Crippen LogP contribution is -1.94. The van der Waals surface area contributed by atoms with Crippen molar-refractivity contribution in [3.05, 3.63) is 43.0 Å². The molecule has 1 aromatic rings. The van der Waals surface area contributed by atoms with Crippen LogP contribution in [-0.2, 0) is 6.54 Å². The molecule has 11 heavy (non-hydrogen) atoms. The normalized spacial score (nSPS) is 8.18. The van der Waals surface area contributed by atoms with Crippen LogP contribution in [0.5, 0.6) is 0 Å². The average molecular weight is 167 g/mol. The Bertz CT molecular complexity index is 193. The Kier molecular flexibility index (Phi) is 5.61. The minimum atomic E-state index is 0.605. The van der Waals surface area contributed by atoms with E-state index in [1.165, 1.54) is 0 Å². The van der Waals surface area contributed by atoms with Crippen LogP contribution in [0.4, 0.5) is 0 Å². The molecule has 0 aliphatic carbocycles. The molecule has 60 valence electrons. The van der Waals surface area contributed by atoms with Crippen LogP contribution in [-0.4, -0.2) is 0 Å². The number of hydrogen-bond donors (Lipinski definition) is 2. The molecule has 0 fully saturated rings. The van der Waals surface area contributed by atoms with Gasteiger partial charge in [-0.25, -0.2) is 0 Å². The Morgan fingerprint density at radius 1 is 1.18 bits per heavy atom. The van der Waals surface area contributed by atoms with Gasteiger partial charge in [-0.15, -0.1) is 25.8 Å². The van der Waals surface area contributed by atoms with Crippen molar-refractivity contribution < 1.29 is 0 Å². The largest absolute Gasteiger partial charge is 0.326 e. The van der Waals surface area contributed by atoms with E-state index in [0.717, 1.165) is 10.5 Å². The highest BCUT2D eigenvalue weighted by Crippen LogP contribution is 2.06. The Morgan fingerprint density at radius 3 is 2.00 bits per heavy atom. The molecule has 0 aliphatic heterocycles. The van der Waals surface area contributed by atoms with Crippen molar-refractivity contribution in [2.75, 3.05) is 0 Å². The zero-order chi connectivity index (χ0) is 8.69. The van der Waals surface area contributed by atoms with E-state index in [9.17, 15) is 0 Å². The van der Waals surface area contributed by atoms with E-state index in [2.05, 4.69) is 25.8 Å². The van der Waals surface area contributed by atoms with Crippen molar-refractivity contribution in [3.63, 3.8) is 0 Å². The lowest BCUT2D eigenvalue weighted by Gasteiger charge is -1.94. The second kappa shape index (κ2) is 6.01. The summed E-state index contributed by atoms with van der Waals surface area (Å²) < 4.78 is 0. The van der Waals surface area contributed by atoms with Gasteiger partial charge in [-0.1, -0.05) is 12.1 Å². The van der Waals surface area contributed by atoms with Crippen LogP contribution in [0.25, 0.3) is 0 Å². The molecule has 1 aromatic carbocycles. The predicted octanol–water partition coefficient (Wildman–Crippen LogP) is 2.24. The van der Waals surface area contributed by atoms with Gasteiger partial charge in [-0.2, -0.15) is 0 Å². The second-order valence-corrected chi connectivity index (χ2v) is 2.39. The molecule has 0 spiro atoms. The molecule has 0 unspecified atom stereocenters. The van der Waals surface area contributed by atoms with Crippen LogP contribution < -0.4 is 5.73 Å². The highest BCUT2D eigenvalue weighted by molar-refractivity contribution is 7.80. The number of rotatable bonds is 1. The fourth-order valence-corrected chi connectivity index (χ4v) is 0.781. The lowest BCUT2D eigenvalue weighted by molar-refractivity contribution is 1.07. The first kappa shape index (κ1) is 10.3. The van der Waals surface area contributed by atoms with Crippen molar-refractivity contribution in [3.8, 4) is 0 Å². The summed E-state index contributed by atoms with van der Waals surface area (Å²) in [5, 5.41) is 0. The molecule has 2 heteroatoms. The SMILES string of the molecule is C=C.NCc1ccc(S)cc1. The summed E-state index contributed by atoms with van der Waals surface area (Å²) in [4.78, 5) is 0.979. The summed E-state index contributed by atoms with van der Waals surface area (Å²) in [6.07, 6.45) is 0. The van der Waals surface area contributed by atoms with Crippen molar-refractivity contribution in [1.82, 2.24) is 0 Å². The van der Waals surface area contributed by atoms with Gasteiger partial charge in [-0.05, 0) is 17.7 Å². The highest BCUT2D eigenvalue weighted by atomic mass is 32.1. The average Bonchev–Trinajstić information content (AvgIpc) is 2.10. The minimum absolute atomic E-state index is 0.605. The number of benzene rings is 1. The van der Waals surface area contributed by atoms with E-state index >= 15 is 0 Å². The number of nitrogens with two attached hydrogens (primary N) is 1. The van der Waals surface area contributed by atoms with Crippen molar-refractivity contribution in [2.45, 2.75) is 11.4 Å². The first-order valence-corrected chi connectivity index (χ1v) is 3.75. The molecule has 1 rings (SSSR count). The second-order valence-electron chi connectivity index (χ2n) is 1.87. The van der Waals surface area contributed by atoms with Gasteiger partial charge in [-0.3, -0.25) is 0 Å². The zero-order valence-electron chi connectivity index (χ0n) is 6.46. The van der Waals surface area contributed by atoms with E-state index in [1.54, 1.807) is 0 Å². The molecular formula is C9H13NS. The molecule has 2 N–H and O–H groups in total. The van der Waals surface area contributed by atoms with Gasteiger partial charge in [0, 0.05) is 11.4 Å². The molecule has 0 aromatic heterocycles. The molecule has 0 heterocycles. The van der Waals surface area contributed by atoms with Crippen molar-refractivity contribution in [2.24, 2.45) is 5.73 Å². The van der Waals surface area contributed by atoms with E-state index < -0.39 is 0 Å². The van der Waals surface area contributed by atoms with Gasteiger partial charge in [0.15, 0.2) is 0 Å². The highest BCUT2D eigenvalue weighted by Gasteiger charge is 1.85. The van der Waals surface area contributed by atoms with Crippen LogP contribution in [0.3, 0.4) is 0 Å². The number of hydrogen-bond acceptors (Lipinski definition) is 2. The third-order valence-corrected chi connectivity index (χ3v) is 1.47. The Labute approximate surface area is 73.3 Å². The molecule has 0 atom stereocenters. The summed E-state index contributed by atoms with van der Waals surface area (Å²) in [5.74, 6) is 0. The van der Waals surface area contributed by atoms with E-state index in [1.807, 2.05) is 24.3 Å². The molecule has 1 nitrogen and oxygen atoms in total. The molecular weight excluding hydrogens is 154 g/mol. The third-order valence-electron chi connectivity index (χ3n) is 1.17. The first-order valence-electron chi connectivity index (χ1n) is 3.31. The molecule has 0 radical (unpaired) electrons. The first-order chi connectivity index (χ1) is 5.33. The van der Waals surface area contributed by atoms with Gasteiger partial charge < -0.3 is 5.73 Å². The quantitative estimate of drug-likeness (QED) is 0.487. The molecule has 0 aliphatic rings. The van der Waals surface area contributed by atoms with Crippen molar-refractivity contribution in [1.29, 1.82) is 0 Å². The Hall–Kier alpha value is -0.730. The van der Waals surface area contributed by atoms with Crippen LogP contribution in [0.2, 0.25) is 0 Å². The van der Waals surface area contributed by atoms with Gasteiger partial charge in [0.25, 0.3) is 0 Å². The maximum Gasteiger partial charge on any atom is 0.0178 e. The molecule has 0 amide bonds. The summed E-state index contributed by atoms with van der Waals surface area (Å²) in [7, 11) is 0. The Morgan fingerprint density at radius 2 is 1.64 bits per heavy atom. The molecule has 0 bridgehead atoms. The smallest absolute Gasteiger partial charge is 0.0178 e. The Balaban J connectivity index is 0.000000461. The summed E-state index contributed by atoms with van der Waals surface area (Å²) in [6, 6.07) is 7.82. The van der Waals surface area contributed by atoms with Crippen LogP contribution in [0.15, 0.2) is 42.3 Å². The molecule has 0 saturated heterocycles. The fourth-order valence-electron chi connectivity index (χ4n) is 0.632. The topological polar surface area (TPSA) is 26.0 Å². The predicted molar refractivity (Wildman–Crippen MR) is 52.8 cm³/mol. The minimum Gasteiger partial charge on any atom is -0.326 e. The van der Waals surface area contributed by atoms with Gasteiger partial charge in [0.1, 0.15) is 0 Å². The van der Waals surface area contributed by atoms with Gasteiger partial charge in [0.2, 0.25) is 0 Å². The third kappa shape index (κ3) is 3.86. The standard InChI is InChI=1S/C7H9NS.C2H4/c8-5-6-1-3-7(9)4-2-6;1-2/h1-4,9H,5,8H2;1-2H2. The fraction of sp³-hybridized carbons (Fsp3) is 0.111. The van der Waals surface area contributed by atoms with E-state index in [-0.39, 0.29) is 0 Å². The number of thiol groups is 1. The summed E-state index contributed by atoms with van der Waals surface area (Å²) in [5.41, 5.74) is 6.52. The van der Waals surface area contributed by atoms with E-state index in [4.69, 9.17) is 5.73 Å². The maximum absolute atomic E-state index is 5.37. The van der Waals surface area contributed by atoms with Gasteiger partial charge >= 0.3 is 0 Å². The van der Waals surface area contributed by atoms with Crippen LogP contribution in [0.1, 0.15) is 5.56 Å². The van der Waals surface area contributed by atoms with E-state index in [0.29, 0.717) is 6.54 Å². The monoisotopic (exact) mass is 167 g/mol. The lowest BCUT2D eigenvalue weighted by atomic mass is 10.2. The van der Waals surface area contributed by atoms with Crippen LogP contribution in [0, 0.1) is 0 Å². The summed E-state index contributed by atoms with van der Waals surface area (Å²) >= 11 is 4.13. The molecule has 0 saturated carbocycles.